The summed E-state index contributed by atoms with van der Waals surface area (Å²) >= 11 is 0. The molecule has 0 radical (unpaired) electrons. The highest BCUT2D eigenvalue weighted by Crippen LogP contribution is 2.33. The monoisotopic (exact) mass is 338 g/mol. The standard InChI is InChI=1S/C22H26O3/c23-22(24)14-12-17-11-13-21(25-16-18-7-3-1-4-8-18)20(15-17)19-9-5-2-6-10-19/h2,5-6,9-11,13,15,18H,1,3-4,7-8,12,14,16H2,(H,23,24). The maximum atomic E-state index is 10.8. The molecule has 0 aliphatic heterocycles. The van der Waals surface area contributed by atoms with Crippen molar-refractivity contribution in [3.8, 4) is 16.9 Å². The Balaban J connectivity index is 1.79. The minimum Gasteiger partial charge on any atom is -0.493 e. The van der Waals surface area contributed by atoms with Crippen LogP contribution < -0.4 is 4.74 Å². The summed E-state index contributed by atoms with van der Waals surface area (Å²) in [5.41, 5.74) is 3.20. The van der Waals surface area contributed by atoms with E-state index >= 15 is 0 Å². The van der Waals surface area contributed by atoms with Crippen LogP contribution in [0, 0.1) is 5.92 Å². The van der Waals surface area contributed by atoms with Gasteiger partial charge in [0.05, 0.1) is 6.61 Å². The predicted octanol–water partition coefficient (Wildman–Crippen LogP) is 5.33. The third-order valence-electron chi connectivity index (χ3n) is 4.96. The Hall–Kier alpha value is -2.29. The molecule has 0 heterocycles. The van der Waals surface area contributed by atoms with Crippen molar-refractivity contribution < 1.29 is 14.6 Å². The van der Waals surface area contributed by atoms with Gasteiger partial charge >= 0.3 is 5.97 Å². The second-order valence-electron chi connectivity index (χ2n) is 6.91. The molecule has 1 fully saturated rings. The van der Waals surface area contributed by atoms with E-state index in [9.17, 15) is 4.79 Å². The Morgan fingerprint density at radius 2 is 1.80 bits per heavy atom. The second kappa shape index (κ2) is 8.70. The van der Waals surface area contributed by atoms with Gasteiger partial charge in [-0.3, -0.25) is 4.79 Å². The minimum absolute atomic E-state index is 0.149. The Morgan fingerprint density at radius 3 is 2.52 bits per heavy atom. The van der Waals surface area contributed by atoms with E-state index in [1.54, 1.807) is 0 Å². The smallest absolute Gasteiger partial charge is 0.303 e. The van der Waals surface area contributed by atoms with E-state index in [1.165, 1.54) is 32.1 Å². The first-order valence-corrected chi connectivity index (χ1v) is 9.25. The van der Waals surface area contributed by atoms with Crippen LogP contribution in [0.4, 0.5) is 0 Å². The molecule has 2 aromatic carbocycles. The van der Waals surface area contributed by atoms with E-state index in [2.05, 4.69) is 18.2 Å². The van der Waals surface area contributed by atoms with Gasteiger partial charge < -0.3 is 9.84 Å². The van der Waals surface area contributed by atoms with Gasteiger partial charge in [0.1, 0.15) is 5.75 Å². The van der Waals surface area contributed by atoms with Crippen molar-refractivity contribution in [1.82, 2.24) is 0 Å². The molecule has 3 rings (SSSR count). The zero-order valence-corrected chi connectivity index (χ0v) is 14.6. The third kappa shape index (κ3) is 5.09. The van der Waals surface area contributed by atoms with Gasteiger partial charge in [0.2, 0.25) is 0 Å². The number of aryl methyl sites for hydroxylation is 1. The van der Waals surface area contributed by atoms with E-state index in [0.717, 1.165) is 29.0 Å². The van der Waals surface area contributed by atoms with Gasteiger partial charge in [0.15, 0.2) is 0 Å². The highest BCUT2D eigenvalue weighted by atomic mass is 16.5. The fraction of sp³-hybridized carbons (Fsp3) is 0.409. The summed E-state index contributed by atoms with van der Waals surface area (Å²) < 4.78 is 6.20. The van der Waals surface area contributed by atoms with Crippen LogP contribution in [0.25, 0.3) is 11.1 Å². The first-order valence-electron chi connectivity index (χ1n) is 9.25. The van der Waals surface area contributed by atoms with Crippen LogP contribution >= 0.6 is 0 Å². The molecule has 0 amide bonds. The molecule has 1 saturated carbocycles. The first-order chi connectivity index (χ1) is 12.2. The molecule has 0 spiro atoms. The number of rotatable bonds is 7. The largest absolute Gasteiger partial charge is 0.493 e. The van der Waals surface area contributed by atoms with Crippen molar-refractivity contribution in [2.24, 2.45) is 5.92 Å². The SMILES string of the molecule is O=C(O)CCc1ccc(OCC2CCCCC2)c(-c2ccccc2)c1. The molecular formula is C22H26O3. The summed E-state index contributed by atoms with van der Waals surface area (Å²) in [5, 5.41) is 8.92. The average Bonchev–Trinajstić information content (AvgIpc) is 2.66. The average molecular weight is 338 g/mol. The van der Waals surface area contributed by atoms with Crippen molar-refractivity contribution in [3.63, 3.8) is 0 Å². The molecule has 0 aromatic heterocycles. The summed E-state index contributed by atoms with van der Waals surface area (Å²) in [6.07, 6.45) is 7.19. The number of ether oxygens (including phenoxy) is 1. The molecule has 0 atom stereocenters. The molecule has 3 nitrogen and oxygen atoms in total. The zero-order chi connectivity index (χ0) is 17.5. The lowest BCUT2D eigenvalue weighted by molar-refractivity contribution is -0.136. The van der Waals surface area contributed by atoms with E-state index in [-0.39, 0.29) is 6.42 Å². The summed E-state index contributed by atoms with van der Waals surface area (Å²) in [7, 11) is 0. The Morgan fingerprint density at radius 1 is 1.04 bits per heavy atom. The van der Waals surface area contributed by atoms with E-state index < -0.39 is 5.97 Å². The van der Waals surface area contributed by atoms with Gasteiger partial charge in [-0.05, 0) is 48.4 Å². The molecule has 132 valence electrons. The van der Waals surface area contributed by atoms with Gasteiger partial charge in [0, 0.05) is 12.0 Å². The Labute approximate surface area is 149 Å². The fourth-order valence-electron chi connectivity index (χ4n) is 3.51. The van der Waals surface area contributed by atoms with Crippen LogP contribution in [-0.4, -0.2) is 17.7 Å². The van der Waals surface area contributed by atoms with Gasteiger partial charge in [-0.15, -0.1) is 0 Å². The van der Waals surface area contributed by atoms with Crippen molar-refractivity contribution in [3.05, 3.63) is 54.1 Å². The van der Waals surface area contributed by atoms with Crippen molar-refractivity contribution in [2.75, 3.05) is 6.61 Å². The third-order valence-corrected chi connectivity index (χ3v) is 4.96. The number of benzene rings is 2. The van der Waals surface area contributed by atoms with Crippen LogP contribution in [0.15, 0.2) is 48.5 Å². The van der Waals surface area contributed by atoms with E-state index in [1.807, 2.05) is 30.3 Å². The summed E-state index contributed by atoms with van der Waals surface area (Å²) in [5.74, 6) is 0.791. The molecule has 2 aromatic rings. The maximum Gasteiger partial charge on any atom is 0.303 e. The van der Waals surface area contributed by atoms with E-state index in [0.29, 0.717) is 12.3 Å². The van der Waals surface area contributed by atoms with Gasteiger partial charge in [-0.25, -0.2) is 0 Å². The van der Waals surface area contributed by atoms with Gasteiger partial charge in [-0.2, -0.15) is 0 Å². The molecule has 1 aliphatic rings. The zero-order valence-electron chi connectivity index (χ0n) is 14.6. The maximum absolute atomic E-state index is 10.8. The first kappa shape index (κ1) is 17.5. The number of carboxylic acids is 1. The number of carbonyl (C=O) groups is 1. The van der Waals surface area contributed by atoms with Crippen molar-refractivity contribution in [1.29, 1.82) is 0 Å². The minimum atomic E-state index is -0.765. The predicted molar refractivity (Wildman–Crippen MR) is 99.9 cm³/mol. The number of hydrogen-bond acceptors (Lipinski definition) is 2. The summed E-state index contributed by atoms with van der Waals surface area (Å²) in [6, 6.07) is 16.3. The lowest BCUT2D eigenvalue weighted by Crippen LogP contribution is -2.15. The quantitative estimate of drug-likeness (QED) is 0.742. The van der Waals surface area contributed by atoms with Crippen LogP contribution in [0.2, 0.25) is 0 Å². The number of aliphatic carboxylic acids is 1. The van der Waals surface area contributed by atoms with Crippen LogP contribution in [0.1, 0.15) is 44.1 Å². The van der Waals surface area contributed by atoms with Crippen molar-refractivity contribution in [2.45, 2.75) is 44.9 Å². The molecule has 1 N–H and O–H groups in total. The van der Waals surface area contributed by atoms with E-state index in [4.69, 9.17) is 9.84 Å². The van der Waals surface area contributed by atoms with Gasteiger partial charge in [-0.1, -0.05) is 55.7 Å². The summed E-state index contributed by atoms with van der Waals surface area (Å²) in [6.45, 7) is 0.772. The van der Waals surface area contributed by atoms with Crippen LogP contribution in [-0.2, 0) is 11.2 Å². The molecule has 1 aliphatic carbocycles. The molecule has 0 saturated heterocycles. The van der Waals surface area contributed by atoms with Gasteiger partial charge in [0.25, 0.3) is 0 Å². The molecular weight excluding hydrogens is 312 g/mol. The molecule has 3 heteroatoms. The molecule has 25 heavy (non-hydrogen) atoms. The number of carboxylic acid groups (broad SMARTS) is 1. The highest BCUT2D eigenvalue weighted by Gasteiger charge is 2.15. The topological polar surface area (TPSA) is 46.5 Å². The van der Waals surface area contributed by atoms with Crippen LogP contribution in [0.5, 0.6) is 5.75 Å². The number of hydrogen-bond donors (Lipinski definition) is 1. The Kier molecular flexibility index (Phi) is 6.10. The second-order valence-corrected chi connectivity index (χ2v) is 6.91. The van der Waals surface area contributed by atoms with Crippen LogP contribution in [0.3, 0.4) is 0 Å². The Bertz CT molecular complexity index is 688. The lowest BCUT2D eigenvalue weighted by Gasteiger charge is -2.22. The highest BCUT2D eigenvalue weighted by molar-refractivity contribution is 5.72. The normalized spacial score (nSPS) is 15.0. The van der Waals surface area contributed by atoms with Crippen molar-refractivity contribution >= 4 is 5.97 Å². The lowest BCUT2D eigenvalue weighted by atomic mass is 9.90. The molecule has 0 bridgehead atoms. The fourth-order valence-corrected chi connectivity index (χ4v) is 3.51. The summed E-state index contributed by atoms with van der Waals surface area (Å²) in [4.78, 5) is 10.8. The molecule has 0 unspecified atom stereocenters.